The molecule has 4 nitrogen and oxygen atoms in total. The summed E-state index contributed by atoms with van der Waals surface area (Å²) >= 11 is 0. The number of nitrogens with zero attached hydrogens (tertiary/aromatic N) is 1. The molecule has 19 heavy (non-hydrogen) atoms. The third-order valence-corrected chi connectivity index (χ3v) is 2.77. The molecule has 2 aromatic rings. The lowest BCUT2D eigenvalue weighted by molar-refractivity contribution is -0.116. The topological polar surface area (TPSA) is 55.6 Å². The SMILES string of the molecule is COc1ccc(N(C(=O)CN)c2ccccc2)cc1. The maximum atomic E-state index is 12.0. The van der Waals surface area contributed by atoms with E-state index >= 15 is 0 Å². The Bertz CT molecular complexity index is 538. The maximum absolute atomic E-state index is 12.0. The van der Waals surface area contributed by atoms with Crippen LogP contribution in [0.3, 0.4) is 0 Å². The van der Waals surface area contributed by atoms with Crippen molar-refractivity contribution < 1.29 is 9.53 Å². The number of carbonyl (C=O) groups excluding carboxylic acids is 1. The summed E-state index contributed by atoms with van der Waals surface area (Å²) in [5.74, 6) is 0.591. The minimum atomic E-state index is -0.156. The largest absolute Gasteiger partial charge is 0.497 e. The molecule has 0 aliphatic carbocycles. The van der Waals surface area contributed by atoms with E-state index in [-0.39, 0.29) is 12.5 Å². The molecule has 0 spiro atoms. The number of rotatable bonds is 4. The fourth-order valence-corrected chi connectivity index (χ4v) is 1.84. The van der Waals surface area contributed by atoms with Crippen molar-refractivity contribution in [1.29, 1.82) is 0 Å². The van der Waals surface area contributed by atoms with Crippen LogP contribution in [0.25, 0.3) is 0 Å². The quantitative estimate of drug-likeness (QED) is 0.913. The van der Waals surface area contributed by atoms with Crippen molar-refractivity contribution in [3.63, 3.8) is 0 Å². The molecule has 0 heterocycles. The first kappa shape index (κ1) is 13.1. The summed E-state index contributed by atoms with van der Waals surface area (Å²) in [6.45, 7) is -0.0408. The third kappa shape index (κ3) is 2.92. The number of methoxy groups -OCH3 is 1. The lowest BCUT2D eigenvalue weighted by atomic mass is 10.2. The second-order valence-electron chi connectivity index (χ2n) is 3.97. The minimum absolute atomic E-state index is 0.0408. The highest BCUT2D eigenvalue weighted by molar-refractivity contribution is 6.01. The van der Waals surface area contributed by atoms with Crippen LogP contribution in [0.2, 0.25) is 0 Å². The van der Waals surface area contributed by atoms with Crippen molar-refractivity contribution in [2.75, 3.05) is 18.6 Å². The smallest absolute Gasteiger partial charge is 0.245 e. The Morgan fingerprint density at radius 2 is 1.63 bits per heavy atom. The van der Waals surface area contributed by atoms with Crippen LogP contribution in [0.1, 0.15) is 0 Å². The molecule has 0 unspecified atom stereocenters. The van der Waals surface area contributed by atoms with Gasteiger partial charge in [0.25, 0.3) is 0 Å². The fraction of sp³-hybridized carbons (Fsp3) is 0.133. The summed E-state index contributed by atoms with van der Waals surface area (Å²) in [6, 6.07) is 16.7. The van der Waals surface area contributed by atoms with Crippen molar-refractivity contribution in [2.24, 2.45) is 5.73 Å². The second kappa shape index (κ2) is 6.02. The molecule has 0 radical (unpaired) electrons. The highest BCUT2D eigenvalue weighted by atomic mass is 16.5. The second-order valence-corrected chi connectivity index (χ2v) is 3.97. The molecule has 2 aromatic carbocycles. The average molecular weight is 256 g/mol. The standard InChI is InChI=1S/C15H16N2O2/c1-19-14-9-7-13(8-10-14)17(15(18)11-16)12-5-3-2-4-6-12/h2-10H,11,16H2,1H3. The number of para-hydroxylation sites is 1. The van der Waals surface area contributed by atoms with E-state index in [2.05, 4.69) is 0 Å². The van der Waals surface area contributed by atoms with E-state index in [1.54, 1.807) is 12.0 Å². The maximum Gasteiger partial charge on any atom is 0.245 e. The summed E-state index contributed by atoms with van der Waals surface area (Å²) in [5, 5.41) is 0. The summed E-state index contributed by atoms with van der Waals surface area (Å²) in [5.41, 5.74) is 7.05. The van der Waals surface area contributed by atoms with E-state index in [1.807, 2.05) is 54.6 Å². The van der Waals surface area contributed by atoms with Gasteiger partial charge in [-0.3, -0.25) is 9.69 Å². The van der Waals surface area contributed by atoms with E-state index in [9.17, 15) is 4.79 Å². The Hall–Kier alpha value is -2.33. The first-order chi connectivity index (χ1) is 9.26. The predicted octanol–water partition coefficient (Wildman–Crippen LogP) is 2.32. The van der Waals surface area contributed by atoms with Crippen LogP contribution in [0.5, 0.6) is 5.75 Å². The molecule has 2 N–H and O–H groups in total. The first-order valence-electron chi connectivity index (χ1n) is 5.98. The molecule has 0 aliphatic rings. The van der Waals surface area contributed by atoms with E-state index in [1.165, 1.54) is 0 Å². The molecule has 0 atom stereocenters. The first-order valence-corrected chi connectivity index (χ1v) is 5.98. The summed E-state index contributed by atoms with van der Waals surface area (Å²) in [6.07, 6.45) is 0. The molecule has 0 saturated heterocycles. The Kier molecular flexibility index (Phi) is 4.15. The monoisotopic (exact) mass is 256 g/mol. The molecule has 0 aliphatic heterocycles. The number of ether oxygens (including phenoxy) is 1. The van der Waals surface area contributed by atoms with Crippen LogP contribution in [-0.2, 0) is 4.79 Å². The number of carbonyl (C=O) groups is 1. The van der Waals surface area contributed by atoms with Crippen LogP contribution < -0.4 is 15.4 Å². The predicted molar refractivity (Wildman–Crippen MR) is 75.6 cm³/mol. The third-order valence-electron chi connectivity index (χ3n) is 2.77. The lowest BCUT2D eigenvalue weighted by Crippen LogP contribution is -2.32. The van der Waals surface area contributed by atoms with Crippen molar-refractivity contribution >= 4 is 17.3 Å². The van der Waals surface area contributed by atoms with Gasteiger partial charge in [0.15, 0.2) is 0 Å². The van der Waals surface area contributed by atoms with Crippen LogP contribution >= 0.6 is 0 Å². The van der Waals surface area contributed by atoms with E-state index in [0.29, 0.717) is 0 Å². The number of amides is 1. The molecule has 98 valence electrons. The highest BCUT2D eigenvalue weighted by Crippen LogP contribution is 2.26. The van der Waals surface area contributed by atoms with Crippen LogP contribution in [0.15, 0.2) is 54.6 Å². The van der Waals surface area contributed by atoms with Gasteiger partial charge in [0.1, 0.15) is 5.75 Å². The zero-order valence-corrected chi connectivity index (χ0v) is 10.7. The van der Waals surface area contributed by atoms with Gasteiger partial charge >= 0.3 is 0 Å². The van der Waals surface area contributed by atoms with Crippen LogP contribution in [-0.4, -0.2) is 19.6 Å². The van der Waals surface area contributed by atoms with Gasteiger partial charge in [-0.1, -0.05) is 18.2 Å². The molecule has 2 rings (SSSR count). The van der Waals surface area contributed by atoms with Crippen molar-refractivity contribution in [3.05, 3.63) is 54.6 Å². The molecule has 0 bridgehead atoms. The number of benzene rings is 2. The van der Waals surface area contributed by atoms with E-state index < -0.39 is 0 Å². The zero-order valence-electron chi connectivity index (χ0n) is 10.7. The Balaban J connectivity index is 2.40. The summed E-state index contributed by atoms with van der Waals surface area (Å²) in [7, 11) is 1.61. The molecular formula is C15H16N2O2. The van der Waals surface area contributed by atoms with Gasteiger partial charge in [0.05, 0.1) is 13.7 Å². The van der Waals surface area contributed by atoms with Gasteiger partial charge in [0.2, 0.25) is 5.91 Å². The lowest BCUT2D eigenvalue weighted by Gasteiger charge is -2.22. The van der Waals surface area contributed by atoms with Gasteiger partial charge < -0.3 is 10.5 Å². The van der Waals surface area contributed by atoms with Crippen molar-refractivity contribution in [1.82, 2.24) is 0 Å². The normalized spacial score (nSPS) is 10.0. The average Bonchev–Trinajstić information content (AvgIpc) is 2.49. The highest BCUT2D eigenvalue weighted by Gasteiger charge is 2.16. The van der Waals surface area contributed by atoms with Gasteiger partial charge in [-0.2, -0.15) is 0 Å². The van der Waals surface area contributed by atoms with Gasteiger partial charge in [-0.15, -0.1) is 0 Å². The fourth-order valence-electron chi connectivity index (χ4n) is 1.84. The molecule has 0 saturated carbocycles. The van der Waals surface area contributed by atoms with E-state index in [0.717, 1.165) is 17.1 Å². The summed E-state index contributed by atoms with van der Waals surface area (Å²) in [4.78, 5) is 13.6. The van der Waals surface area contributed by atoms with Crippen LogP contribution in [0, 0.1) is 0 Å². The molecule has 0 aromatic heterocycles. The number of hydrogen-bond donors (Lipinski definition) is 1. The molecule has 4 heteroatoms. The molecule has 0 fully saturated rings. The van der Waals surface area contributed by atoms with Gasteiger partial charge in [-0.25, -0.2) is 0 Å². The van der Waals surface area contributed by atoms with E-state index in [4.69, 9.17) is 10.5 Å². The van der Waals surface area contributed by atoms with Crippen molar-refractivity contribution in [2.45, 2.75) is 0 Å². The Labute approximate surface area is 112 Å². The Morgan fingerprint density at radius 1 is 1.05 bits per heavy atom. The molecular weight excluding hydrogens is 240 g/mol. The van der Waals surface area contributed by atoms with Crippen LogP contribution in [0.4, 0.5) is 11.4 Å². The number of anilines is 2. The molecule has 1 amide bonds. The van der Waals surface area contributed by atoms with Crippen molar-refractivity contribution in [3.8, 4) is 5.75 Å². The number of hydrogen-bond acceptors (Lipinski definition) is 3. The number of nitrogens with two attached hydrogens (primary N) is 1. The minimum Gasteiger partial charge on any atom is -0.497 e. The summed E-state index contributed by atoms with van der Waals surface area (Å²) < 4.78 is 5.11. The van der Waals surface area contributed by atoms with Gasteiger partial charge in [0, 0.05) is 11.4 Å². The Morgan fingerprint density at radius 3 is 2.16 bits per heavy atom. The van der Waals surface area contributed by atoms with Gasteiger partial charge in [-0.05, 0) is 36.4 Å². The zero-order chi connectivity index (χ0) is 13.7.